The highest BCUT2D eigenvalue weighted by atomic mass is 79.9. The molecule has 0 radical (unpaired) electrons. The zero-order valence-corrected chi connectivity index (χ0v) is 19.4. The van der Waals surface area contributed by atoms with Gasteiger partial charge in [0.25, 0.3) is 10.0 Å². The number of halogens is 1. The molecule has 3 rings (SSSR count). The van der Waals surface area contributed by atoms with Crippen LogP contribution in [0.4, 0.5) is 11.4 Å². The largest absolute Gasteiger partial charge is 0.325 e. The number of anilines is 2. The second kappa shape index (κ2) is 9.02. The number of aryl methyl sites for hydroxylation is 3. The minimum atomic E-state index is -3.93. The number of hydrogen-bond donors (Lipinski definition) is 1. The maximum atomic E-state index is 13.4. The Bertz CT molecular complexity index is 1180. The summed E-state index contributed by atoms with van der Waals surface area (Å²) in [6, 6.07) is 19.2. The standard InChI is InChI=1S/C23H23BrN2O3S/c1-16-8-11-20(12-9-16)30(28,29)26(22-7-5-4-6-17(22)2)15-23(27)25-19-10-13-21(24)18(3)14-19/h4-14H,15H2,1-3H3,(H,25,27). The molecule has 156 valence electrons. The van der Waals surface area contributed by atoms with E-state index in [2.05, 4.69) is 21.2 Å². The summed E-state index contributed by atoms with van der Waals surface area (Å²) in [7, 11) is -3.93. The molecule has 0 spiro atoms. The van der Waals surface area contributed by atoms with Crippen molar-refractivity contribution in [3.8, 4) is 0 Å². The van der Waals surface area contributed by atoms with Crippen LogP contribution in [-0.2, 0) is 14.8 Å². The van der Waals surface area contributed by atoms with Gasteiger partial charge in [-0.15, -0.1) is 0 Å². The van der Waals surface area contributed by atoms with Crippen molar-refractivity contribution in [2.75, 3.05) is 16.2 Å². The molecule has 3 aromatic carbocycles. The first-order valence-corrected chi connectivity index (χ1v) is 11.6. The van der Waals surface area contributed by atoms with Gasteiger partial charge in [0.1, 0.15) is 6.54 Å². The second-order valence-corrected chi connectivity index (χ2v) is 9.84. The summed E-state index contributed by atoms with van der Waals surface area (Å²) in [5.74, 6) is -0.421. The first-order valence-electron chi connectivity index (χ1n) is 9.39. The van der Waals surface area contributed by atoms with Gasteiger partial charge in [-0.3, -0.25) is 9.10 Å². The van der Waals surface area contributed by atoms with Crippen LogP contribution >= 0.6 is 15.9 Å². The van der Waals surface area contributed by atoms with Crippen molar-refractivity contribution < 1.29 is 13.2 Å². The van der Waals surface area contributed by atoms with Crippen LogP contribution in [0.5, 0.6) is 0 Å². The summed E-state index contributed by atoms with van der Waals surface area (Å²) >= 11 is 3.43. The van der Waals surface area contributed by atoms with E-state index < -0.39 is 15.9 Å². The molecule has 0 atom stereocenters. The quantitative estimate of drug-likeness (QED) is 0.519. The number of hydrogen-bond acceptors (Lipinski definition) is 3. The number of benzene rings is 3. The molecule has 1 amide bonds. The third kappa shape index (κ3) is 4.91. The van der Waals surface area contributed by atoms with E-state index >= 15 is 0 Å². The molecule has 0 fully saturated rings. The molecule has 0 aliphatic carbocycles. The molecule has 3 aromatic rings. The van der Waals surface area contributed by atoms with Crippen molar-refractivity contribution in [2.45, 2.75) is 25.7 Å². The maximum absolute atomic E-state index is 13.4. The smallest absolute Gasteiger partial charge is 0.264 e. The number of rotatable bonds is 6. The lowest BCUT2D eigenvalue weighted by atomic mass is 10.2. The number of sulfonamides is 1. The van der Waals surface area contributed by atoms with Crippen molar-refractivity contribution in [2.24, 2.45) is 0 Å². The highest BCUT2D eigenvalue weighted by Gasteiger charge is 2.28. The molecule has 7 heteroatoms. The van der Waals surface area contributed by atoms with Crippen molar-refractivity contribution in [3.63, 3.8) is 0 Å². The molecule has 0 aliphatic heterocycles. The lowest BCUT2D eigenvalue weighted by Crippen LogP contribution is -2.38. The zero-order chi connectivity index (χ0) is 21.9. The van der Waals surface area contributed by atoms with E-state index in [1.165, 1.54) is 0 Å². The Morgan fingerprint density at radius 3 is 2.23 bits per heavy atom. The number of amides is 1. The highest BCUT2D eigenvalue weighted by molar-refractivity contribution is 9.10. The van der Waals surface area contributed by atoms with Crippen molar-refractivity contribution >= 4 is 43.2 Å². The van der Waals surface area contributed by atoms with E-state index in [0.717, 1.165) is 25.5 Å². The minimum absolute atomic E-state index is 0.142. The summed E-state index contributed by atoms with van der Waals surface area (Å²) in [6.07, 6.45) is 0. The van der Waals surface area contributed by atoms with Crippen LogP contribution in [0, 0.1) is 20.8 Å². The first-order chi connectivity index (χ1) is 14.2. The summed E-state index contributed by atoms with van der Waals surface area (Å²) in [4.78, 5) is 12.9. The maximum Gasteiger partial charge on any atom is 0.264 e. The minimum Gasteiger partial charge on any atom is -0.325 e. The molecule has 0 unspecified atom stereocenters. The Morgan fingerprint density at radius 2 is 1.60 bits per heavy atom. The van der Waals surface area contributed by atoms with Gasteiger partial charge < -0.3 is 5.32 Å². The van der Waals surface area contributed by atoms with Gasteiger partial charge in [0, 0.05) is 10.2 Å². The van der Waals surface area contributed by atoms with Gasteiger partial charge in [0.05, 0.1) is 10.6 Å². The topological polar surface area (TPSA) is 66.5 Å². The predicted octanol–water partition coefficient (Wildman–Crippen LogP) is 5.21. The van der Waals surface area contributed by atoms with E-state index in [4.69, 9.17) is 0 Å². The fourth-order valence-corrected chi connectivity index (χ4v) is 4.77. The van der Waals surface area contributed by atoms with Crippen LogP contribution in [0.15, 0.2) is 76.1 Å². The summed E-state index contributed by atoms with van der Waals surface area (Å²) in [6.45, 7) is 5.30. The highest BCUT2D eigenvalue weighted by Crippen LogP contribution is 2.27. The fraction of sp³-hybridized carbons (Fsp3) is 0.174. The molecule has 30 heavy (non-hydrogen) atoms. The van der Waals surface area contributed by atoms with Gasteiger partial charge in [-0.05, 0) is 68.3 Å². The van der Waals surface area contributed by atoms with E-state index in [9.17, 15) is 13.2 Å². The lowest BCUT2D eigenvalue weighted by molar-refractivity contribution is -0.114. The number of nitrogens with zero attached hydrogens (tertiary/aromatic N) is 1. The van der Waals surface area contributed by atoms with Gasteiger partial charge in [-0.25, -0.2) is 8.42 Å². The van der Waals surface area contributed by atoms with E-state index in [-0.39, 0.29) is 11.4 Å². The van der Waals surface area contributed by atoms with E-state index in [1.807, 2.05) is 45.0 Å². The summed E-state index contributed by atoms with van der Waals surface area (Å²) in [5, 5.41) is 2.80. The van der Waals surface area contributed by atoms with Crippen LogP contribution in [-0.4, -0.2) is 20.9 Å². The van der Waals surface area contributed by atoms with Crippen LogP contribution in [0.2, 0.25) is 0 Å². The zero-order valence-electron chi connectivity index (χ0n) is 17.0. The SMILES string of the molecule is Cc1ccc(S(=O)(=O)N(CC(=O)Nc2ccc(Br)c(C)c2)c2ccccc2C)cc1. The molecule has 1 N–H and O–H groups in total. The Morgan fingerprint density at radius 1 is 0.933 bits per heavy atom. The molecular weight excluding hydrogens is 464 g/mol. The number of carbonyl (C=O) groups excluding carboxylic acids is 1. The van der Waals surface area contributed by atoms with Gasteiger partial charge in [0.2, 0.25) is 5.91 Å². The van der Waals surface area contributed by atoms with E-state index in [1.54, 1.807) is 42.5 Å². The monoisotopic (exact) mass is 486 g/mol. The predicted molar refractivity (Wildman–Crippen MR) is 124 cm³/mol. The normalized spacial score (nSPS) is 11.2. The van der Waals surface area contributed by atoms with Crippen LogP contribution in [0.1, 0.15) is 16.7 Å². The fourth-order valence-electron chi connectivity index (χ4n) is 3.03. The molecule has 0 heterocycles. The van der Waals surface area contributed by atoms with Gasteiger partial charge in [-0.2, -0.15) is 0 Å². The Balaban J connectivity index is 1.95. The summed E-state index contributed by atoms with van der Waals surface area (Å²) < 4.78 is 28.9. The third-order valence-corrected chi connectivity index (χ3v) is 7.39. The summed E-state index contributed by atoms with van der Waals surface area (Å²) in [5.41, 5.74) is 3.77. The molecule has 0 saturated heterocycles. The molecule has 0 aliphatic rings. The number of nitrogens with one attached hydrogen (secondary N) is 1. The van der Waals surface area contributed by atoms with Crippen molar-refractivity contribution in [1.82, 2.24) is 0 Å². The average molecular weight is 487 g/mol. The lowest BCUT2D eigenvalue weighted by Gasteiger charge is -2.25. The van der Waals surface area contributed by atoms with Gasteiger partial charge >= 0.3 is 0 Å². The second-order valence-electron chi connectivity index (χ2n) is 7.12. The van der Waals surface area contributed by atoms with Gasteiger partial charge in [-0.1, -0.05) is 51.8 Å². The first kappa shape index (κ1) is 22.1. The van der Waals surface area contributed by atoms with Gasteiger partial charge in [0.15, 0.2) is 0 Å². The Hall–Kier alpha value is -2.64. The number of carbonyl (C=O) groups is 1. The van der Waals surface area contributed by atoms with Crippen molar-refractivity contribution in [1.29, 1.82) is 0 Å². The molecule has 0 aromatic heterocycles. The van der Waals surface area contributed by atoms with Crippen LogP contribution in [0.25, 0.3) is 0 Å². The van der Waals surface area contributed by atoms with Crippen molar-refractivity contribution in [3.05, 3.63) is 87.9 Å². The Labute approximate surface area is 185 Å². The van der Waals surface area contributed by atoms with E-state index in [0.29, 0.717) is 11.4 Å². The molecule has 0 saturated carbocycles. The average Bonchev–Trinajstić information content (AvgIpc) is 2.70. The molecule has 0 bridgehead atoms. The number of para-hydroxylation sites is 1. The van der Waals surface area contributed by atoms with Crippen LogP contribution in [0.3, 0.4) is 0 Å². The molecular formula is C23H23BrN2O3S. The third-order valence-electron chi connectivity index (χ3n) is 4.72. The van der Waals surface area contributed by atoms with Crippen LogP contribution < -0.4 is 9.62 Å². The Kier molecular flexibility index (Phi) is 6.63. The molecule has 5 nitrogen and oxygen atoms in total.